The lowest BCUT2D eigenvalue weighted by Crippen LogP contribution is -2.41. The van der Waals surface area contributed by atoms with Crippen LogP contribution in [0.25, 0.3) is 0 Å². The third-order valence-corrected chi connectivity index (χ3v) is 2.33. The zero-order valence-electron chi connectivity index (χ0n) is 7.21. The van der Waals surface area contributed by atoms with Gasteiger partial charge in [0.25, 0.3) is 0 Å². The molecule has 0 aromatic heterocycles. The van der Waals surface area contributed by atoms with E-state index < -0.39 is 0 Å². The molecular weight excluding hydrogens is 140 g/mol. The molecule has 1 aliphatic heterocycles. The number of rotatable bonds is 3. The van der Waals surface area contributed by atoms with Crippen molar-refractivity contribution in [2.24, 2.45) is 0 Å². The minimum absolute atomic E-state index is 0.303. The van der Waals surface area contributed by atoms with Crippen LogP contribution in [-0.4, -0.2) is 42.5 Å². The molecule has 1 atom stereocenters. The summed E-state index contributed by atoms with van der Waals surface area (Å²) in [5, 5.41) is 0. The minimum Gasteiger partial charge on any atom is -0.322 e. The van der Waals surface area contributed by atoms with Crippen LogP contribution in [0.4, 0.5) is 0 Å². The van der Waals surface area contributed by atoms with Crippen molar-refractivity contribution in [1.82, 2.24) is 9.80 Å². The molecule has 1 rings (SSSR count). The first-order valence-corrected chi connectivity index (χ1v) is 4.14. The van der Waals surface area contributed by atoms with Crippen molar-refractivity contribution in [3.8, 4) is 0 Å². The third-order valence-electron chi connectivity index (χ3n) is 2.33. The maximum Gasteiger partial charge on any atom is 0.313 e. The third kappa shape index (κ3) is 1.71. The van der Waals surface area contributed by atoms with Crippen LogP contribution in [0.15, 0.2) is 0 Å². The molecule has 3 nitrogen and oxygen atoms in total. The topological polar surface area (TPSA) is 23.6 Å². The Bertz CT molecular complexity index is 138. The molecule has 63 valence electrons. The summed E-state index contributed by atoms with van der Waals surface area (Å²) in [6.45, 7) is 4.26. The number of hydrogen-bond donors (Lipinski definition) is 0. The highest BCUT2D eigenvalue weighted by Gasteiger charge is 2.25. The fraction of sp³-hybridized carbons (Fsp3) is 0.875. The Labute approximate surface area is 68.0 Å². The Morgan fingerprint density at radius 3 is 3.00 bits per heavy atom. The first kappa shape index (κ1) is 8.53. The van der Waals surface area contributed by atoms with E-state index in [1.165, 1.54) is 6.42 Å². The summed E-state index contributed by atoms with van der Waals surface area (Å²) in [5.74, 6) is 0. The summed E-state index contributed by atoms with van der Waals surface area (Å²) in [6.07, 6.45) is 4.51. The molecule has 0 aromatic rings. The van der Waals surface area contributed by atoms with Gasteiger partial charge in [0.05, 0.1) is 6.17 Å². The van der Waals surface area contributed by atoms with Gasteiger partial charge in [0.2, 0.25) is 0 Å². The molecule has 1 saturated heterocycles. The van der Waals surface area contributed by atoms with Crippen molar-refractivity contribution >= 4 is 6.41 Å². The summed E-state index contributed by atoms with van der Waals surface area (Å²) in [6, 6.07) is 0. The first-order valence-electron chi connectivity index (χ1n) is 4.14. The summed E-state index contributed by atoms with van der Waals surface area (Å²) in [5.41, 5.74) is 0. The van der Waals surface area contributed by atoms with Gasteiger partial charge >= 0.3 is 6.41 Å². The lowest BCUT2D eigenvalue weighted by Gasteiger charge is -2.27. The van der Waals surface area contributed by atoms with Crippen molar-refractivity contribution in [1.29, 1.82) is 0 Å². The number of likely N-dealkylation sites (tertiary alicyclic amines) is 1. The predicted molar refractivity (Wildman–Crippen MR) is 43.7 cm³/mol. The quantitative estimate of drug-likeness (QED) is 0.552. The van der Waals surface area contributed by atoms with E-state index in [4.69, 9.17) is 0 Å². The van der Waals surface area contributed by atoms with Gasteiger partial charge in [0, 0.05) is 13.6 Å². The molecule has 0 spiro atoms. The van der Waals surface area contributed by atoms with Crippen LogP contribution in [0.1, 0.15) is 19.8 Å². The highest BCUT2D eigenvalue weighted by Crippen LogP contribution is 2.17. The molecule has 1 radical (unpaired) electrons. The fourth-order valence-electron chi connectivity index (χ4n) is 1.68. The van der Waals surface area contributed by atoms with Crippen LogP contribution in [0.5, 0.6) is 0 Å². The largest absolute Gasteiger partial charge is 0.322 e. The average molecular weight is 155 g/mol. The molecular formula is C8H15N2O. The standard InChI is InChI=1S/C8H15N2O/c1-3-10-6-4-5-8(10)9(2)7-11/h8H,3-6H2,1-2H3. The Hall–Kier alpha value is -0.570. The van der Waals surface area contributed by atoms with Crippen LogP contribution in [0.2, 0.25) is 0 Å². The fourth-order valence-corrected chi connectivity index (χ4v) is 1.68. The van der Waals surface area contributed by atoms with Crippen LogP contribution < -0.4 is 0 Å². The average Bonchev–Trinajstić information content (AvgIpc) is 2.50. The molecule has 1 amide bonds. The molecule has 1 unspecified atom stereocenters. The molecule has 3 heteroatoms. The molecule has 1 fully saturated rings. The molecule has 1 heterocycles. The normalized spacial score (nSPS) is 25.5. The van der Waals surface area contributed by atoms with Crippen molar-refractivity contribution in [3.05, 3.63) is 0 Å². The van der Waals surface area contributed by atoms with E-state index in [1.807, 2.05) is 6.41 Å². The molecule has 0 N–H and O–H groups in total. The predicted octanol–water partition coefficient (Wildman–Crippen LogP) is 0.427. The molecule has 1 aliphatic rings. The molecule has 0 aromatic carbocycles. The van der Waals surface area contributed by atoms with Crippen LogP contribution in [0.3, 0.4) is 0 Å². The van der Waals surface area contributed by atoms with Gasteiger partial charge in [-0.15, -0.1) is 0 Å². The first-order chi connectivity index (χ1) is 5.29. The van der Waals surface area contributed by atoms with Gasteiger partial charge in [-0.05, 0) is 19.4 Å². The summed E-state index contributed by atoms with van der Waals surface area (Å²) in [4.78, 5) is 14.3. The number of nitrogens with zero attached hydrogens (tertiary/aromatic N) is 2. The van der Waals surface area contributed by atoms with Crippen LogP contribution >= 0.6 is 0 Å². The van der Waals surface area contributed by atoms with Crippen molar-refractivity contribution in [2.75, 3.05) is 20.1 Å². The van der Waals surface area contributed by atoms with E-state index in [9.17, 15) is 4.79 Å². The van der Waals surface area contributed by atoms with Crippen LogP contribution in [0, 0.1) is 0 Å². The highest BCUT2D eigenvalue weighted by molar-refractivity contribution is 5.48. The second-order valence-corrected chi connectivity index (χ2v) is 2.95. The minimum atomic E-state index is 0.303. The van der Waals surface area contributed by atoms with Crippen molar-refractivity contribution in [3.63, 3.8) is 0 Å². The van der Waals surface area contributed by atoms with E-state index in [2.05, 4.69) is 11.8 Å². The molecule has 0 aliphatic carbocycles. The van der Waals surface area contributed by atoms with E-state index >= 15 is 0 Å². The highest BCUT2D eigenvalue weighted by atomic mass is 16.1. The maximum atomic E-state index is 10.3. The number of amides is 1. The van der Waals surface area contributed by atoms with Gasteiger partial charge in [-0.25, -0.2) is 0 Å². The second-order valence-electron chi connectivity index (χ2n) is 2.95. The van der Waals surface area contributed by atoms with Crippen molar-refractivity contribution in [2.45, 2.75) is 25.9 Å². The van der Waals surface area contributed by atoms with Gasteiger partial charge in [0.1, 0.15) is 0 Å². The van der Waals surface area contributed by atoms with E-state index in [0.29, 0.717) is 6.17 Å². The Morgan fingerprint density at radius 2 is 2.45 bits per heavy atom. The van der Waals surface area contributed by atoms with Crippen LogP contribution in [-0.2, 0) is 4.79 Å². The number of hydrogen-bond acceptors (Lipinski definition) is 2. The summed E-state index contributed by atoms with van der Waals surface area (Å²) in [7, 11) is 1.80. The maximum absolute atomic E-state index is 10.3. The summed E-state index contributed by atoms with van der Waals surface area (Å²) >= 11 is 0. The van der Waals surface area contributed by atoms with Gasteiger partial charge in [0.15, 0.2) is 0 Å². The lowest BCUT2D eigenvalue weighted by atomic mass is 10.3. The van der Waals surface area contributed by atoms with Gasteiger partial charge in [-0.3, -0.25) is 9.69 Å². The van der Waals surface area contributed by atoms with Gasteiger partial charge in [-0.2, -0.15) is 0 Å². The van der Waals surface area contributed by atoms with Gasteiger partial charge < -0.3 is 4.90 Å². The zero-order valence-corrected chi connectivity index (χ0v) is 7.21. The smallest absolute Gasteiger partial charge is 0.313 e. The zero-order chi connectivity index (χ0) is 8.27. The lowest BCUT2D eigenvalue weighted by molar-refractivity contribution is 0.156. The van der Waals surface area contributed by atoms with Crippen molar-refractivity contribution < 1.29 is 4.79 Å². The Balaban J connectivity index is 2.48. The SMILES string of the molecule is CCN1CCCC1N(C)[C]=O. The van der Waals surface area contributed by atoms with E-state index in [1.54, 1.807) is 11.9 Å². The number of carbonyl (C=O) groups excluding carboxylic acids is 1. The van der Waals surface area contributed by atoms with E-state index in [-0.39, 0.29) is 0 Å². The molecule has 0 saturated carbocycles. The van der Waals surface area contributed by atoms with Gasteiger partial charge in [-0.1, -0.05) is 6.92 Å². The monoisotopic (exact) mass is 155 g/mol. The second kappa shape index (κ2) is 3.72. The van der Waals surface area contributed by atoms with E-state index in [0.717, 1.165) is 19.5 Å². The molecule has 0 bridgehead atoms. The Kier molecular flexibility index (Phi) is 2.88. The summed E-state index contributed by atoms with van der Waals surface area (Å²) < 4.78 is 0. The Morgan fingerprint density at radius 1 is 1.73 bits per heavy atom. The molecule has 11 heavy (non-hydrogen) atoms.